The lowest BCUT2D eigenvalue weighted by Gasteiger charge is -2.18. The van der Waals surface area contributed by atoms with Crippen LogP contribution in [0.25, 0.3) is 0 Å². The summed E-state index contributed by atoms with van der Waals surface area (Å²) in [7, 11) is 0. The molecule has 0 amide bonds. The van der Waals surface area contributed by atoms with E-state index in [4.69, 9.17) is 14.2 Å². The fourth-order valence-corrected chi connectivity index (χ4v) is 10.9. The van der Waals surface area contributed by atoms with Crippen molar-refractivity contribution >= 4 is 17.9 Å². The fourth-order valence-electron chi connectivity index (χ4n) is 10.9. The number of unbranched alkanes of at least 4 members (excludes halogenated alkanes) is 50. The van der Waals surface area contributed by atoms with E-state index in [1.54, 1.807) is 0 Å². The molecule has 0 aromatic carbocycles. The Bertz CT molecular complexity index is 1340. The van der Waals surface area contributed by atoms with Gasteiger partial charge in [0.2, 0.25) is 0 Å². The first kappa shape index (κ1) is 77.6. The molecule has 0 rings (SSSR count). The summed E-state index contributed by atoms with van der Waals surface area (Å²) in [5.74, 6) is -0.847. The average Bonchev–Trinajstić information content (AvgIpc) is 3.46. The zero-order valence-corrected chi connectivity index (χ0v) is 54.1. The molecule has 0 N–H and O–H groups in total. The number of esters is 3. The molecule has 1 atom stereocenters. The molecule has 80 heavy (non-hydrogen) atoms. The van der Waals surface area contributed by atoms with E-state index in [-0.39, 0.29) is 31.1 Å². The molecule has 0 aliphatic heterocycles. The van der Waals surface area contributed by atoms with Gasteiger partial charge < -0.3 is 14.2 Å². The van der Waals surface area contributed by atoms with Crippen LogP contribution >= 0.6 is 0 Å². The Balaban J connectivity index is 4.21. The molecule has 0 radical (unpaired) electrons. The third kappa shape index (κ3) is 66.4. The van der Waals surface area contributed by atoms with E-state index >= 15 is 0 Å². The van der Waals surface area contributed by atoms with Crippen LogP contribution in [0.5, 0.6) is 0 Å². The highest BCUT2D eigenvalue weighted by Gasteiger charge is 2.19. The van der Waals surface area contributed by atoms with Crippen LogP contribution in [0, 0.1) is 0 Å². The van der Waals surface area contributed by atoms with E-state index in [1.165, 1.54) is 289 Å². The predicted octanol–water partition coefficient (Wildman–Crippen LogP) is 24.7. The molecule has 0 aromatic heterocycles. The monoisotopic (exact) mass is 1120 g/mol. The van der Waals surface area contributed by atoms with Gasteiger partial charge in [-0.2, -0.15) is 0 Å². The molecule has 0 fully saturated rings. The van der Waals surface area contributed by atoms with Crippen molar-refractivity contribution in [2.45, 2.75) is 406 Å². The van der Waals surface area contributed by atoms with Crippen LogP contribution in [-0.2, 0) is 28.6 Å². The summed E-state index contributed by atoms with van der Waals surface area (Å²) in [6, 6.07) is 0. The Morgan fingerprint density at radius 1 is 0.250 bits per heavy atom. The Hall–Kier alpha value is -2.37. The molecule has 1 unspecified atom stereocenters. The summed E-state index contributed by atoms with van der Waals surface area (Å²) in [4.78, 5) is 38.4. The maximum absolute atomic E-state index is 12.9. The lowest BCUT2D eigenvalue weighted by molar-refractivity contribution is -0.167. The number of hydrogen-bond donors (Lipinski definition) is 0. The van der Waals surface area contributed by atoms with Gasteiger partial charge in [0.25, 0.3) is 0 Å². The Labute approximate surface area is 499 Å². The van der Waals surface area contributed by atoms with Crippen LogP contribution in [0.2, 0.25) is 0 Å². The molecule has 0 aromatic rings. The summed E-state index contributed by atoms with van der Waals surface area (Å²) >= 11 is 0. The lowest BCUT2D eigenvalue weighted by Crippen LogP contribution is -2.30. The second-order valence-corrected chi connectivity index (χ2v) is 24.5. The van der Waals surface area contributed by atoms with E-state index in [1.807, 2.05) is 0 Å². The summed E-state index contributed by atoms with van der Waals surface area (Å²) in [6.07, 6.45) is 86.1. The minimum absolute atomic E-state index is 0.0697. The van der Waals surface area contributed by atoms with Crippen molar-refractivity contribution in [3.05, 3.63) is 36.5 Å². The average molecular weight is 1120 g/mol. The maximum Gasteiger partial charge on any atom is 0.306 e. The number of rotatable bonds is 67. The van der Waals surface area contributed by atoms with Crippen LogP contribution in [0.3, 0.4) is 0 Å². The molecule has 0 spiro atoms. The van der Waals surface area contributed by atoms with Gasteiger partial charge in [0.05, 0.1) is 0 Å². The summed E-state index contributed by atoms with van der Waals surface area (Å²) < 4.78 is 17.0. The standard InChI is InChI=1S/C74H138O6/c1-4-7-10-13-16-19-22-25-28-31-32-33-34-35-36-37-38-39-40-41-42-44-46-49-52-55-58-61-64-67-73(76)79-70-71(69-78-72(75)66-63-60-57-54-51-48-45-30-27-24-21-18-15-12-9-6-3)80-74(77)68-65-62-59-56-53-50-47-43-29-26-23-20-17-14-11-8-5-2/h17,20,26,29,31-32,71H,4-16,18-19,21-25,27-28,30,33-70H2,1-3H3/b20-17-,29-26-,32-31-. The number of allylic oxidation sites excluding steroid dienone is 6. The molecule has 0 aliphatic carbocycles. The van der Waals surface area contributed by atoms with E-state index in [0.29, 0.717) is 19.3 Å². The van der Waals surface area contributed by atoms with Gasteiger partial charge in [-0.1, -0.05) is 340 Å². The summed E-state index contributed by atoms with van der Waals surface area (Å²) in [5, 5.41) is 0. The lowest BCUT2D eigenvalue weighted by atomic mass is 10.0. The molecule has 0 aliphatic rings. The zero-order chi connectivity index (χ0) is 57.8. The Morgan fingerprint density at radius 3 is 0.725 bits per heavy atom. The van der Waals surface area contributed by atoms with E-state index in [0.717, 1.165) is 70.6 Å². The minimum Gasteiger partial charge on any atom is -0.462 e. The smallest absolute Gasteiger partial charge is 0.306 e. The van der Waals surface area contributed by atoms with Gasteiger partial charge in [-0.15, -0.1) is 0 Å². The number of carbonyl (C=O) groups is 3. The fraction of sp³-hybridized carbons (Fsp3) is 0.878. The highest BCUT2D eigenvalue weighted by atomic mass is 16.6. The molecular formula is C74H138O6. The van der Waals surface area contributed by atoms with Crippen LogP contribution in [0.15, 0.2) is 36.5 Å². The molecule has 0 saturated heterocycles. The second kappa shape index (κ2) is 69.1. The normalized spacial score (nSPS) is 12.2. The molecule has 0 saturated carbocycles. The quantitative estimate of drug-likeness (QED) is 0.0261. The first-order chi connectivity index (χ1) is 39.5. The molecule has 470 valence electrons. The van der Waals surface area contributed by atoms with Crippen LogP contribution in [0.4, 0.5) is 0 Å². The largest absolute Gasteiger partial charge is 0.462 e. The summed E-state index contributed by atoms with van der Waals surface area (Å²) in [6.45, 7) is 6.69. The van der Waals surface area contributed by atoms with Gasteiger partial charge in [-0.3, -0.25) is 14.4 Å². The van der Waals surface area contributed by atoms with Crippen LogP contribution < -0.4 is 0 Å². The Kier molecular flexibility index (Phi) is 67.1. The van der Waals surface area contributed by atoms with Crippen molar-refractivity contribution in [2.24, 2.45) is 0 Å². The van der Waals surface area contributed by atoms with Gasteiger partial charge in [0.15, 0.2) is 6.10 Å². The maximum atomic E-state index is 12.9. The third-order valence-electron chi connectivity index (χ3n) is 16.4. The van der Waals surface area contributed by atoms with Crippen LogP contribution in [-0.4, -0.2) is 37.2 Å². The SMILES string of the molecule is CCCCC/C=C\C/C=C\CCCCCCCCCC(=O)OC(COC(=O)CCCCCCCCCCCCCCCCCC)COC(=O)CCCCCCCCCCCCCCCCCCC/C=C\CCCCCCCCCC. The number of hydrogen-bond acceptors (Lipinski definition) is 6. The molecular weight excluding hydrogens is 985 g/mol. The molecule has 0 bridgehead atoms. The molecule has 0 heterocycles. The Morgan fingerprint density at radius 2 is 0.450 bits per heavy atom. The zero-order valence-electron chi connectivity index (χ0n) is 54.1. The van der Waals surface area contributed by atoms with E-state index in [2.05, 4.69) is 57.2 Å². The van der Waals surface area contributed by atoms with E-state index in [9.17, 15) is 14.4 Å². The van der Waals surface area contributed by atoms with Gasteiger partial charge in [-0.25, -0.2) is 0 Å². The van der Waals surface area contributed by atoms with Gasteiger partial charge >= 0.3 is 17.9 Å². The highest BCUT2D eigenvalue weighted by Crippen LogP contribution is 2.18. The topological polar surface area (TPSA) is 78.9 Å². The highest BCUT2D eigenvalue weighted by molar-refractivity contribution is 5.71. The molecule has 6 nitrogen and oxygen atoms in total. The van der Waals surface area contributed by atoms with E-state index < -0.39 is 6.10 Å². The van der Waals surface area contributed by atoms with Crippen molar-refractivity contribution in [1.29, 1.82) is 0 Å². The van der Waals surface area contributed by atoms with Crippen LogP contribution in [0.1, 0.15) is 400 Å². The minimum atomic E-state index is -0.774. The van der Waals surface area contributed by atoms with Crippen molar-refractivity contribution in [3.63, 3.8) is 0 Å². The molecule has 6 heteroatoms. The van der Waals surface area contributed by atoms with Gasteiger partial charge in [0.1, 0.15) is 13.2 Å². The third-order valence-corrected chi connectivity index (χ3v) is 16.4. The first-order valence-electron chi connectivity index (χ1n) is 36.0. The van der Waals surface area contributed by atoms with Crippen molar-refractivity contribution in [1.82, 2.24) is 0 Å². The first-order valence-corrected chi connectivity index (χ1v) is 36.0. The van der Waals surface area contributed by atoms with Crippen molar-refractivity contribution in [3.8, 4) is 0 Å². The van der Waals surface area contributed by atoms with Gasteiger partial charge in [0, 0.05) is 19.3 Å². The summed E-state index contributed by atoms with van der Waals surface area (Å²) in [5.41, 5.74) is 0. The number of carbonyl (C=O) groups excluding carboxylic acids is 3. The van der Waals surface area contributed by atoms with Gasteiger partial charge in [-0.05, 0) is 77.0 Å². The van der Waals surface area contributed by atoms with Crippen molar-refractivity contribution < 1.29 is 28.6 Å². The second-order valence-electron chi connectivity index (χ2n) is 24.5. The number of ether oxygens (including phenoxy) is 3. The predicted molar refractivity (Wildman–Crippen MR) is 349 cm³/mol. The van der Waals surface area contributed by atoms with Crippen molar-refractivity contribution in [2.75, 3.05) is 13.2 Å².